The van der Waals surface area contributed by atoms with Crippen LogP contribution in [0.25, 0.3) is 15.8 Å². The zero-order chi connectivity index (χ0) is 21.4. The average Bonchev–Trinajstić information content (AvgIpc) is 3.22. The van der Waals surface area contributed by atoms with Crippen LogP contribution in [0.1, 0.15) is 31.4 Å². The second-order valence-electron chi connectivity index (χ2n) is 6.84. The minimum Gasteiger partial charge on any atom is -0.453 e. The second-order valence-corrected chi connectivity index (χ2v) is 8.27. The molecule has 0 saturated carbocycles. The summed E-state index contributed by atoms with van der Waals surface area (Å²) in [5.41, 5.74) is 3.12. The summed E-state index contributed by atoms with van der Waals surface area (Å²) in [5.74, 6) is -1.42. The maximum absolute atomic E-state index is 13.4. The Morgan fingerprint density at radius 3 is 2.57 bits per heavy atom. The van der Waals surface area contributed by atoms with Crippen molar-refractivity contribution in [3.8, 4) is 5.69 Å². The zero-order valence-corrected chi connectivity index (χ0v) is 17.8. The van der Waals surface area contributed by atoms with Crippen LogP contribution in [0.2, 0.25) is 5.02 Å². The molecule has 4 aromatic rings. The van der Waals surface area contributed by atoms with Crippen molar-refractivity contribution in [3.63, 3.8) is 0 Å². The number of benzene rings is 2. The lowest BCUT2D eigenvalue weighted by Crippen LogP contribution is -2.14. The van der Waals surface area contributed by atoms with Crippen LogP contribution < -0.4 is 0 Å². The highest BCUT2D eigenvalue weighted by atomic mass is 35.5. The van der Waals surface area contributed by atoms with E-state index in [1.54, 1.807) is 6.07 Å². The number of hydrogen-bond donors (Lipinski definition) is 0. The number of rotatable bonds is 5. The third-order valence-electron chi connectivity index (χ3n) is 4.86. The smallest absolute Gasteiger partial charge is 0.350 e. The maximum atomic E-state index is 13.4. The van der Waals surface area contributed by atoms with E-state index in [1.807, 2.05) is 48.7 Å². The van der Waals surface area contributed by atoms with Crippen LogP contribution in [-0.2, 0) is 4.74 Å². The zero-order valence-electron chi connectivity index (χ0n) is 16.2. The fraction of sp³-hybridized carbons (Fsp3) is 0.130. The van der Waals surface area contributed by atoms with E-state index >= 15 is 0 Å². The van der Waals surface area contributed by atoms with Gasteiger partial charge in [-0.25, -0.2) is 9.18 Å². The van der Waals surface area contributed by atoms with Crippen LogP contribution in [-0.4, -0.2) is 22.9 Å². The molecule has 2 heterocycles. The number of esters is 1. The molecule has 152 valence electrons. The summed E-state index contributed by atoms with van der Waals surface area (Å²) in [6.45, 7) is 3.36. The monoisotopic (exact) mass is 441 g/mol. The summed E-state index contributed by atoms with van der Waals surface area (Å²) in [5, 5.41) is 0.780. The minimum atomic E-state index is -0.702. The molecule has 0 aliphatic carbocycles. The Hall–Kier alpha value is -2.96. The summed E-state index contributed by atoms with van der Waals surface area (Å²) in [6, 6.07) is 15.6. The molecule has 0 unspecified atom stereocenters. The number of aromatic nitrogens is 1. The van der Waals surface area contributed by atoms with Crippen molar-refractivity contribution in [3.05, 3.63) is 87.3 Å². The largest absolute Gasteiger partial charge is 0.453 e. The van der Waals surface area contributed by atoms with Crippen molar-refractivity contribution < 1.29 is 18.7 Å². The summed E-state index contributed by atoms with van der Waals surface area (Å²) < 4.78 is 21.2. The number of ether oxygens (including phenoxy) is 1. The number of carbonyl (C=O) groups excluding carboxylic acids is 2. The maximum Gasteiger partial charge on any atom is 0.350 e. The molecule has 30 heavy (non-hydrogen) atoms. The average molecular weight is 442 g/mol. The first-order valence-electron chi connectivity index (χ1n) is 9.19. The highest BCUT2D eigenvalue weighted by molar-refractivity contribution is 7.21. The summed E-state index contributed by atoms with van der Waals surface area (Å²) in [7, 11) is 0. The predicted molar refractivity (Wildman–Crippen MR) is 117 cm³/mol. The van der Waals surface area contributed by atoms with Gasteiger partial charge in [0.05, 0.1) is 5.02 Å². The van der Waals surface area contributed by atoms with Gasteiger partial charge in [0.2, 0.25) is 5.78 Å². The van der Waals surface area contributed by atoms with Gasteiger partial charge in [-0.3, -0.25) is 4.79 Å². The molecule has 0 bridgehead atoms. The lowest BCUT2D eigenvalue weighted by molar-refractivity contribution is 0.0479. The van der Waals surface area contributed by atoms with Gasteiger partial charge >= 0.3 is 5.97 Å². The second kappa shape index (κ2) is 8.05. The summed E-state index contributed by atoms with van der Waals surface area (Å²) in [4.78, 5) is 25.4. The number of Topliss-reactive ketones (excluding diaryl/α,β-unsaturated/α-hetero) is 1. The van der Waals surface area contributed by atoms with Gasteiger partial charge in [-0.1, -0.05) is 29.8 Å². The van der Waals surface area contributed by atoms with Crippen molar-refractivity contribution >= 4 is 44.8 Å². The standard InChI is InChI=1S/C23H17ClFNO3S/c1-13-10-18(14(2)26(13)16-6-4-3-5-7-16)19(27)12-29-23(28)22-21(24)17-9-8-15(25)11-20(17)30-22/h3-11H,12H2,1-2H3. The van der Waals surface area contributed by atoms with Crippen molar-refractivity contribution in [1.29, 1.82) is 0 Å². The third kappa shape index (κ3) is 3.64. The lowest BCUT2D eigenvalue weighted by atomic mass is 10.1. The molecule has 4 rings (SSSR count). The summed E-state index contributed by atoms with van der Waals surface area (Å²) in [6.07, 6.45) is 0. The molecule has 2 aromatic carbocycles. The van der Waals surface area contributed by atoms with Crippen LogP contribution in [0.5, 0.6) is 0 Å². The molecule has 2 aromatic heterocycles. The van der Waals surface area contributed by atoms with Gasteiger partial charge in [0.15, 0.2) is 6.61 Å². The van der Waals surface area contributed by atoms with E-state index in [1.165, 1.54) is 18.2 Å². The molecule has 0 aliphatic rings. The van der Waals surface area contributed by atoms with Crippen LogP contribution in [0.4, 0.5) is 4.39 Å². The van der Waals surface area contributed by atoms with E-state index in [4.69, 9.17) is 16.3 Å². The molecule has 0 spiro atoms. The molecule has 0 fully saturated rings. The van der Waals surface area contributed by atoms with E-state index in [0.717, 1.165) is 28.4 Å². The minimum absolute atomic E-state index is 0.153. The molecular weight excluding hydrogens is 425 g/mol. The van der Waals surface area contributed by atoms with E-state index in [0.29, 0.717) is 15.6 Å². The van der Waals surface area contributed by atoms with Crippen LogP contribution in [0.15, 0.2) is 54.6 Å². The first-order valence-corrected chi connectivity index (χ1v) is 10.4. The number of carbonyl (C=O) groups is 2. The number of para-hydroxylation sites is 1. The lowest BCUT2D eigenvalue weighted by Gasteiger charge is -2.09. The van der Waals surface area contributed by atoms with Gasteiger partial charge in [-0.15, -0.1) is 11.3 Å². The van der Waals surface area contributed by atoms with Gasteiger partial charge in [-0.2, -0.15) is 0 Å². The van der Waals surface area contributed by atoms with E-state index in [-0.39, 0.29) is 15.7 Å². The van der Waals surface area contributed by atoms with Crippen molar-refractivity contribution in [2.24, 2.45) is 0 Å². The quantitative estimate of drug-likeness (QED) is 0.276. The number of thiophene rings is 1. The topological polar surface area (TPSA) is 48.3 Å². The first-order chi connectivity index (χ1) is 14.4. The Kier molecular flexibility index (Phi) is 5.45. The van der Waals surface area contributed by atoms with Gasteiger partial charge in [0, 0.05) is 32.7 Å². The highest BCUT2D eigenvalue weighted by Crippen LogP contribution is 2.36. The molecule has 4 nitrogen and oxygen atoms in total. The Labute approximate surface area is 181 Å². The number of ketones is 1. The Balaban J connectivity index is 1.53. The third-order valence-corrected chi connectivity index (χ3v) is 6.49. The SMILES string of the molecule is Cc1cc(C(=O)COC(=O)c2sc3cc(F)ccc3c2Cl)c(C)n1-c1ccccc1. The normalized spacial score (nSPS) is 11.1. The van der Waals surface area contributed by atoms with Crippen molar-refractivity contribution in [2.75, 3.05) is 6.61 Å². The molecule has 0 radical (unpaired) electrons. The van der Waals surface area contributed by atoms with Crippen LogP contribution in [0.3, 0.4) is 0 Å². The van der Waals surface area contributed by atoms with Crippen LogP contribution in [0, 0.1) is 19.7 Å². The van der Waals surface area contributed by atoms with E-state index in [9.17, 15) is 14.0 Å². The first kappa shape index (κ1) is 20.3. The van der Waals surface area contributed by atoms with Crippen molar-refractivity contribution in [2.45, 2.75) is 13.8 Å². The number of halogens is 2. The fourth-order valence-electron chi connectivity index (χ4n) is 3.46. The van der Waals surface area contributed by atoms with E-state index < -0.39 is 18.4 Å². The number of fused-ring (bicyclic) bond motifs is 1. The molecule has 0 amide bonds. The van der Waals surface area contributed by atoms with E-state index in [2.05, 4.69) is 0 Å². The summed E-state index contributed by atoms with van der Waals surface area (Å²) >= 11 is 7.29. The highest BCUT2D eigenvalue weighted by Gasteiger charge is 2.22. The number of nitrogens with zero attached hydrogens (tertiary/aromatic N) is 1. The number of hydrogen-bond acceptors (Lipinski definition) is 4. The van der Waals surface area contributed by atoms with Gasteiger partial charge in [0.1, 0.15) is 10.7 Å². The Morgan fingerprint density at radius 1 is 1.10 bits per heavy atom. The Morgan fingerprint density at radius 2 is 1.83 bits per heavy atom. The van der Waals surface area contributed by atoms with Gasteiger partial charge < -0.3 is 9.30 Å². The van der Waals surface area contributed by atoms with Crippen molar-refractivity contribution in [1.82, 2.24) is 4.57 Å². The molecular formula is C23H17ClFNO3S. The predicted octanol–water partition coefficient (Wildman–Crippen LogP) is 6.14. The molecule has 0 N–H and O–H groups in total. The Bertz CT molecular complexity index is 1280. The molecule has 0 saturated heterocycles. The number of aryl methyl sites for hydroxylation is 1. The molecule has 7 heteroatoms. The van der Waals surface area contributed by atoms with Gasteiger partial charge in [-0.05, 0) is 50.2 Å². The fourth-order valence-corrected chi connectivity index (χ4v) is 4.89. The van der Waals surface area contributed by atoms with Crippen LogP contribution >= 0.6 is 22.9 Å². The molecule has 0 atom stereocenters. The van der Waals surface area contributed by atoms with Gasteiger partial charge in [0.25, 0.3) is 0 Å². The molecule has 0 aliphatic heterocycles.